The van der Waals surface area contributed by atoms with Crippen LogP contribution in [0.15, 0.2) is 54.9 Å². The van der Waals surface area contributed by atoms with Gasteiger partial charge in [0.1, 0.15) is 18.0 Å². The summed E-state index contributed by atoms with van der Waals surface area (Å²) in [6.45, 7) is 4.08. The zero-order valence-corrected chi connectivity index (χ0v) is 15.7. The Kier molecular flexibility index (Phi) is 5.88. The van der Waals surface area contributed by atoms with Crippen LogP contribution in [0.3, 0.4) is 0 Å². The lowest BCUT2D eigenvalue weighted by Crippen LogP contribution is -2.04. The highest BCUT2D eigenvalue weighted by atomic mass is 35.5. The molecule has 3 aromatic rings. The summed E-state index contributed by atoms with van der Waals surface area (Å²) in [6, 6.07) is 14.5. The van der Waals surface area contributed by atoms with Gasteiger partial charge in [-0.05, 0) is 55.8 Å². The summed E-state index contributed by atoms with van der Waals surface area (Å²) in [5.41, 5.74) is 3.15. The first-order chi connectivity index (χ1) is 13.0. The van der Waals surface area contributed by atoms with Crippen LogP contribution in [0.2, 0.25) is 5.02 Å². The van der Waals surface area contributed by atoms with Crippen LogP contribution in [-0.2, 0) is 4.74 Å². The Hall–Kier alpha value is -3.12. The molecule has 138 valence electrons. The Bertz CT molecular complexity index is 945. The third-order valence-corrected chi connectivity index (χ3v) is 4.19. The number of nitrogens with one attached hydrogen (secondary N) is 2. The van der Waals surface area contributed by atoms with Crippen LogP contribution in [-0.4, -0.2) is 22.5 Å². The van der Waals surface area contributed by atoms with Gasteiger partial charge in [0.05, 0.1) is 12.2 Å². The van der Waals surface area contributed by atoms with Gasteiger partial charge >= 0.3 is 5.97 Å². The number of aromatic nitrogens is 2. The molecule has 2 aromatic carbocycles. The molecule has 7 heteroatoms. The quantitative estimate of drug-likeness (QED) is 0.577. The van der Waals surface area contributed by atoms with E-state index in [-0.39, 0.29) is 5.97 Å². The Balaban J connectivity index is 1.70. The van der Waals surface area contributed by atoms with Crippen molar-refractivity contribution in [2.24, 2.45) is 0 Å². The molecule has 2 N–H and O–H groups in total. The number of rotatable bonds is 6. The molecule has 0 bridgehead atoms. The van der Waals surface area contributed by atoms with Gasteiger partial charge in [0.2, 0.25) is 0 Å². The second-order valence-corrected chi connectivity index (χ2v) is 6.21. The second kappa shape index (κ2) is 8.51. The second-order valence-electron chi connectivity index (χ2n) is 5.80. The van der Waals surface area contributed by atoms with E-state index in [0.717, 1.165) is 16.9 Å². The van der Waals surface area contributed by atoms with E-state index in [4.69, 9.17) is 16.3 Å². The minimum absolute atomic E-state index is 0.339. The minimum Gasteiger partial charge on any atom is -0.462 e. The van der Waals surface area contributed by atoms with Crippen LogP contribution in [0.25, 0.3) is 0 Å². The standard InChI is InChI=1S/C20H19ClN4O2/c1-3-27-20(26)14-5-8-15(9-6-14)24-18-11-19(23-12-22-18)25-16-7-4-13(2)17(21)10-16/h4-12H,3H2,1-2H3,(H2,22,23,24,25). The summed E-state index contributed by atoms with van der Waals surface area (Å²) in [5, 5.41) is 7.07. The molecule has 0 saturated carbocycles. The first kappa shape index (κ1) is 18.7. The number of carbonyl (C=O) groups is 1. The molecule has 0 radical (unpaired) electrons. The maximum atomic E-state index is 11.7. The van der Waals surface area contributed by atoms with Gasteiger partial charge in [0.25, 0.3) is 0 Å². The van der Waals surface area contributed by atoms with Crippen molar-refractivity contribution in [1.82, 2.24) is 9.97 Å². The highest BCUT2D eigenvalue weighted by Crippen LogP contribution is 2.24. The number of hydrogen-bond acceptors (Lipinski definition) is 6. The number of nitrogens with zero attached hydrogens (tertiary/aromatic N) is 2. The van der Waals surface area contributed by atoms with E-state index < -0.39 is 0 Å². The molecule has 0 aliphatic carbocycles. The molecule has 6 nitrogen and oxygen atoms in total. The summed E-state index contributed by atoms with van der Waals surface area (Å²) in [5.74, 6) is 0.916. The topological polar surface area (TPSA) is 76.1 Å². The van der Waals surface area contributed by atoms with E-state index >= 15 is 0 Å². The maximum absolute atomic E-state index is 11.7. The van der Waals surface area contributed by atoms with Crippen LogP contribution >= 0.6 is 11.6 Å². The maximum Gasteiger partial charge on any atom is 0.338 e. The van der Waals surface area contributed by atoms with E-state index in [9.17, 15) is 4.79 Å². The Labute approximate surface area is 162 Å². The van der Waals surface area contributed by atoms with E-state index in [1.807, 2.05) is 25.1 Å². The van der Waals surface area contributed by atoms with Gasteiger partial charge in [0.15, 0.2) is 0 Å². The summed E-state index contributed by atoms with van der Waals surface area (Å²) in [6.07, 6.45) is 1.47. The third-order valence-electron chi connectivity index (χ3n) is 3.78. The zero-order valence-electron chi connectivity index (χ0n) is 15.0. The summed E-state index contributed by atoms with van der Waals surface area (Å²) in [4.78, 5) is 20.1. The van der Waals surface area contributed by atoms with Crippen molar-refractivity contribution in [3.63, 3.8) is 0 Å². The van der Waals surface area contributed by atoms with Gasteiger partial charge in [-0.2, -0.15) is 0 Å². The summed E-state index contributed by atoms with van der Waals surface area (Å²) >= 11 is 6.16. The molecule has 1 heterocycles. The lowest BCUT2D eigenvalue weighted by molar-refractivity contribution is 0.0526. The Morgan fingerprint density at radius 1 is 1.00 bits per heavy atom. The van der Waals surface area contributed by atoms with Gasteiger partial charge in [0, 0.05) is 22.5 Å². The predicted octanol–water partition coefficient (Wildman–Crippen LogP) is 5.10. The van der Waals surface area contributed by atoms with E-state index in [1.165, 1.54) is 6.33 Å². The first-order valence-electron chi connectivity index (χ1n) is 8.44. The molecule has 0 unspecified atom stereocenters. The number of carbonyl (C=O) groups excluding carboxylic acids is 1. The van der Waals surface area contributed by atoms with E-state index in [2.05, 4.69) is 20.6 Å². The predicted molar refractivity (Wildman–Crippen MR) is 107 cm³/mol. The summed E-state index contributed by atoms with van der Waals surface area (Å²) in [7, 11) is 0. The van der Waals surface area contributed by atoms with Crippen molar-refractivity contribution in [2.45, 2.75) is 13.8 Å². The van der Waals surface area contributed by atoms with Crippen molar-refractivity contribution >= 4 is 40.6 Å². The molecule has 0 aliphatic heterocycles. The fraction of sp³-hybridized carbons (Fsp3) is 0.150. The van der Waals surface area contributed by atoms with Gasteiger partial charge in [-0.25, -0.2) is 14.8 Å². The Morgan fingerprint density at radius 3 is 2.26 bits per heavy atom. The van der Waals surface area contributed by atoms with Gasteiger partial charge in [-0.3, -0.25) is 0 Å². The minimum atomic E-state index is -0.339. The van der Waals surface area contributed by atoms with E-state index in [1.54, 1.807) is 37.3 Å². The van der Waals surface area contributed by atoms with Crippen LogP contribution in [0.1, 0.15) is 22.8 Å². The van der Waals surface area contributed by atoms with Crippen molar-refractivity contribution in [3.8, 4) is 0 Å². The monoisotopic (exact) mass is 382 g/mol. The van der Waals surface area contributed by atoms with Crippen LogP contribution in [0, 0.1) is 6.92 Å². The number of halogens is 1. The highest BCUT2D eigenvalue weighted by molar-refractivity contribution is 6.31. The lowest BCUT2D eigenvalue weighted by Gasteiger charge is -2.10. The number of hydrogen-bond donors (Lipinski definition) is 2. The van der Waals surface area contributed by atoms with Crippen molar-refractivity contribution < 1.29 is 9.53 Å². The van der Waals surface area contributed by atoms with Crippen molar-refractivity contribution in [1.29, 1.82) is 0 Å². The molecule has 0 spiro atoms. The largest absolute Gasteiger partial charge is 0.462 e. The zero-order chi connectivity index (χ0) is 19.2. The average molecular weight is 383 g/mol. The fourth-order valence-corrected chi connectivity index (χ4v) is 2.55. The van der Waals surface area contributed by atoms with Crippen LogP contribution < -0.4 is 10.6 Å². The Morgan fingerprint density at radius 2 is 1.63 bits per heavy atom. The number of anilines is 4. The smallest absolute Gasteiger partial charge is 0.338 e. The molecule has 0 fully saturated rings. The average Bonchev–Trinajstić information content (AvgIpc) is 2.66. The van der Waals surface area contributed by atoms with Crippen LogP contribution in [0.5, 0.6) is 0 Å². The van der Waals surface area contributed by atoms with Gasteiger partial charge in [-0.1, -0.05) is 17.7 Å². The van der Waals surface area contributed by atoms with Gasteiger partial charge in [-0.15, -0.1) is 0 Å². The normalized spacial score (nSPS) is 10.3. The molecule has 0 aliphatic rings. The molecule has 0 atom stereocenters. The molecule has 27 heavy (non-hydrogen) atoms. The summed E-state index contributed by atoms with van der Waals surface area (Å²) < 4.78 is 4.98. The van der Waals surface area contributed by atoms with E-state index in [0.29, 0.717) is 28.8 Å². The number of aryl methyl sites for hydroxylation is 1. The molecule has 1 aromatic heterocycles. The number of esters is 1. The molecule has 0 saturated heterocycles. The SMILES string of the molecule is CCOC(=O)c1ccc(Nc2cc(Nc3ccc(C)c(Cl)c3)ncn2)cc1. The number of benzene rings is 2. The fourth-order valence-electron chi connectivity index (χ4n) is 2.36. The van der Waals surface area contributed by atoms with Crippen molar-refractivity contribution in [3.05, 3.63) is 71.0 Å². The highest BCUT2D eigenvalue weighted by Gasteiger charge is 2.06. The molecular formula is C20H19ClN4O2. The lowest BCUT2D eigenvalue weighted by atomic mass is 10.2. The van der Waals surface area contributed by atoms with Crippen molar-refractivity contribution in [2.75, 3.05) is 17.2 Å². The molecular weight excluding hydrogens is 364 g/mol. The first-order valence-corrected chi connectivity index (χ1v) is 8.82. The van der Waals surface area contributed by atoms with Gasteiger partial charge < -0.3 is 15.4 Å². The van der Waals surface area contributed by atoms with Crippen LogP contribution in [0.4, 0.5) is 23.0 Å². The molecule has 3 rings (SSSR count). The number of ether oxygens (including phenoxy) is 1. The third kappa shape index (κ3) is 4.95. The molecule has 0 amide bonds.